The zero-order chi connectivity index (χ0) is 15.4. The molecule has 9 heteroatoms. The Morgan fingerprint density at radius 2 is 2.05 bits per heavy atom. The molecule has 2 rings (SSSR count). The molecule has 1 atom stereocenters. The monoisotopic (exact) mass is 321 g/mol. The summed E-state index contributed by atoms with van der Waals surface area (Å²) in [6, 6.07) is 8.76. The number of carbonyl (C=O) groups is 2. The van der Waals surface area contributed by atoms with Crippen molar-refractivity contribution < 1.29 is 9.59 Å². The first-order chi connectivity index (χ1) is 10.0. The van der Waals surface area contributed by atoms with E-state index in [1.54, 1.807) is 24.3 Å². The summed E-state index contributed by atoms with van der Waals surface area (Å²) < 4.78 is 0. The number of nitrogens with zero attached hydrogens (tertiary/aromatic N) is 2. The van der Waals surface area contributed by atoms with E-state index in [-0.39, 0.29) is 10.2 Å². The molecular weight excluding hydrogens is 310 g/mol. The highest BCUT2D eigenvalue weighted by Crippen LogP contribution is 2.19. The predicted octanol–water partition coefficient (Wildman–Crippen LogP) is -0.131. The Labute approximate surface area is 131 Å². The van der Waals surface area contributed by atoms with Crippen LogP contribution < -0.4 is 21.4 Å². The van der Waals surface area contributed by atoms with Gasteiger partial charge in [0, 0.05) is 6.21 Å². The molecular formula is C12H11N5O2S2. The summed E-state index contributed by atoms with van der Waals surface area (Å²) >= 11 is 9.62. The number of thiocarbonyl (C=S) groups is 2. The van der Waals surface area contributed by atoms with Gasteiger partial charge in [-0.05, 0) is 36.6 Å². The minimum absolute atomic E-state index is 0.0307. The Bertz CT molecular complexity index is 632. The van der Waals surface area contributed by atoms with Gasteiger partial charge in [0.05, 0.1) is 5.69 Å². The van der Waals surface area contributed by atoms with Gasteiger partial charge in [-0.1, -0.05) is 18.2 Å². The molecule has 1 fully saturated rings. The quantitative estimate of drug-likeness (QED) is 0.310. The Kier molecular flexibility index (Phi) is 4.55. The van der Waals surface area contributed by atoms with Crippen LogP contribution in [0.5, 0.6) is 0 Å². The first-order valence-corrected chi connectivity index (χ1v) is 6.65. The molecule has 0 bridgehead atoms. The summed E-state index contributed by atoms with van der Waals surface area (Å²) in [5.41, 5.74) is 8.07. The van der Waals surface area contributed by atoms with Crippen LogP contribution in [-0.4, -0.2) is 28.3 Å². The Morgan fingerprint density at radius 1 is 1.38 bits per heavy atom. The second-order valence-electron chi connectivity index (χ2n) is 4.04. The van der Waals surface area contributed by atoms with E-state index in [9.17, 15) is 9.59 Å². The molecule has 1 heterocycles. The molecule has 0 unspecified atom stereocenters. The number of benzene rings is 1. The summed E-state index contributed by atoms with van der Waals surface area (Å²) in [5.74, 6) is -2.16. The van der Waals surface area contributed by atoms with Crippen molar-refractivity contribution >= 4 is 58.4 Å². The molecule has 0 saturated carbocycles. The van der Waals surface area contributed by atoms with Gasteiger partial charge in [0.1, 0.15) is 0 Å². The van der Waals surface area contributed by atoms with Crippen LogP contribution >= 0.6 is 24.4 Å². The van der Waals surface area contributed by atoms with E-state index >= 15 is 0 Å². The van der Waals surface area contributed by atoms with Gasteiger partial charge >= 0.3 is 0 Å². The zero-order valence-corrected chi connectivity index (χ0v) is 12.3. The number of nitrogens with two attached hydrogens (primary N) is 1. The normalized spacial score (nSPS) is 18.8. The number of hydrazone groups is 1. The fraction of sp³-hybridized carbons (Fsp3) is 0.0833. The van der Waals surface area contributed by atoms with Crippen LogP contribution in [-0.2, 0) is 9.59 Å². The smallest absolute Gasteiger partial charge is 0.251 e. The third-order valence-electron chi connectivity index (χ3n) is 2.61. The molecule has 0 aliphatic carbocycles. The topological polar surface area (TPSA) is 99.8 Å². The van der Waals surface area contributed by atoms with E-state index < -0.39 is 17.7 Å². The van der Waals surface area contributed by atoms with E-state index in [1.165, 1.54) is 4.90 Å². The number of anilines is 1. The van der Waals surface area contributed by atoms with Crippen molar-refractivity contribution in [1.29, 1.82) is 0 Å². The van der Waals surface area contributed by atoms with Crippen molar-refractivity contribution in [2.45, 2.75) is 0 Å². The molecule has 1 aromatic carbocycles. The van der Waals surface area contributed by atoms with E-state index in [4.69, 9.17) is 18.0 Å². The van der Waals surface area contributed by atoms with E-state index in [0.717, 1.165) is 6.21 Å². The highest BCUT2D eigenvalue weighted by atomic mass is 32.1. The van der Waals surface area contributed by atoms with Gasteiger partial charge in [0.25, 0.3) is 5.91 Å². The maximum Gasteiger partial charge on any atom is 0.251 e. The summed E-state index contributed by atoms with van der Waals surface area (Å²) in [6.45, 7) is 0. The number of rotatable bonds is 3. The van der Waals surface area contributed by atoms with Gasteiger partial charge in [-0.2, -0.15) is 5.10 Å². The van der Waals surface area contributed by atoms with E-state index in [1.807, 2.05) is 6.07 Å². The second-order valence-corrected chi connectivity index (χ2v) is 4.86. The number of nitrogens with one attached hydrogen (secondary N) is 2. The van der Waals surface area contributed by atoms with Gasteiger partial charge in [0.2, 0.25) is 5.91 Å². The number of amides is 2. The lowest BCUT2D eigenvalue weighted by Crippen LogP contribution is -2.58. The van der Waals surface area contributed by atoms with Crippen molar-refractivity contribution in [3.8, 4) is 0 Å². The molecule has 21 heavy (non-hydrogen) atoms. The van der Waals surface area contributed by atoms with Gasteiger partial charge in [0.15, 0.2) is 16.1 Å². The molecule has 7 nitrogen and oxygen atoms in total. The van der Waals surface area contributed by atoms with Gasteiger partial charge < -0.3 is 11.1 Å². The minimum Gasteiger partial charge on any atom is -0.375 e. The van der Waals surface area contributed by atoms with Crippen molar-refractivity contribution in [3.05, 3.63) is 30.3 Å². The van der Waals surface area contributed by atoms with Crippen molar-refractivity contribution in [2.24, 2.45) is 16.8 Å². The lowest BCUT2D eigenvalue weighted by atomic mass is 10.1. The van der Waals surface area contributed by atoms with Crippen LogP contribution in [0.2, 0.25) is 0 Å². The predicted molar refractivity (Wildman–Crippen MR) is 86.6 cm³/mol. The third-order valence-corrected chi connectivity index (χ3v) is 2.99. The average Bonchev–Trinajstić information content (AvgIpc) is 2.43. The highest BCUT2D eigenvalue weighted by molar-refractivity contribution is 7.80. The number of para-hydroxylation sites is 1. The fourth-order valence-electron chi connectivity index (χ4n) is 1.72. The van der Waals surface area contributed by atoms with E-state index in [0.29, 0.717) is 5.69 Å². The largest absolute Gasteiger partial charge is 0.375 e. The maximum atomic E-state index is 12.4. The second kappa shape index (κ2) is 6.37. The van der Waals surface area contributed by atoms with Crippen LogP contribution in [0.25, 0.3) is 0 Å². The Morgan fingerprint density at radius 3 is 2.67 bits per heavy atom. The number of hydrogen-bond acceptors (Lipinski definition) is 5. The average molecular weight is 321 g/mol. The van der Waals surface area contributed by atoms with Crippen LogP contribution in [0.4, 0.5) is 5.69 Å². The van der Waals surface area contributed by atoms with Gasteiger partial charge in [-0.3, -0.25) is 19.9 Å². The molecule has 1 aliphatic rings. The molecule has 0 spiro atoms. The van der Waals surface area contributed by atoms with Crippen molar-refractivity contribution in [3.63, 3.8) is 0 Å². The molecule has 1 aromatic rings. The van der Waals surface area contributed by atoms with Crippen LogP contribution in [0.3, 0.4) is 0 Å². The van der Waals surface area contributed by atoms with E-state index in [2.05, 4.69) is 28.1 Å². The van der Waals surface area contributed by atoms with Gasteiger partial charge in [-0.15, -0.1) is 0 Å². The zero-order valence-electron chi connectivity index (χ0n) is 10.6. The maximum absolute atomic E-state index is 12.4. The first-order valence-electron chi connectivity index (χ1n) is 5.83. The first kappa shape index (κ1) is 15.0. The van der Waals surface area contributed by atoms with Crippen LogP contribution in [0.1, 0.15) is 0 Å². The Hall–Kier alpha value is -2.39. The summed E-state index contributed by atoms with van der Waals surface area (Å²) in [7, 11) is 0. The SMILES string of the molecule is NC(=S)N/N=C\[C@@H]1C(=O)NC(=S)N(c2ccccc2)C1=O. The number of hydrogen-bond donors (Lipinski definition) is 3. The molecule has 2 amide bonds. The molecule has 108 valence electrons. The summed E-state index contributed by atoms with van der Waals surface area (Å²) in [5, 5.41) is 6.08. The molecule has 4 N–H and O–H groups in total. The standard InChI is InChI=1S/C12H11N5O2S2/c13-11(20)16-14-6-8-9(18)15-12(21)17(10(8)19)7-4-2-1-3-5-7/h1-6,8H,(H3,13,16,20)(H,15,18,21)/b14-6-/t8-/m1/s1. The molecule has 1 saturated heterocycles. The lowest BCUT2D eigenvalue weighted by Gasteiger charge is -2.30. The minimum atomic E-state index is -1.11. The summed E-state index contributed by atoms with van der Waals surface area (Å²) in [6.07, 6.45) is 1.13. The lowest BCUT2D eigenvalue weighted by molar-refractivity contribution is -0.130. The van der Waals surface area contributed by atoms with Crippen LogP contribution in [0, 0.1) is 5.92 Å². The third kappa shape index (κ3) is 3.38. The number of carbonyl (C=O) groups excluding carboxylic acids is 2. The molecule has 0 aromatic heterocycles. The molecule has 0 radical (unpaired) electrons. The van der Waals surface area contributed by atoms with Gasteiger partial charge in [-0.25, -0.2) is 0 Å². The Balaban J connectivity index is 2.26. The fourth-order valence-corrected chi connectivity index (χ4v) is 2.07. The van der Waals surface area contributed by atoms with Crippen molar-refractivity contribution in [1.82, 2.24) is 10.7 Å². The summed E-state index contributed by atoms with van der Waals surface area (Å²) in [4.78, 5) is 25.5. The van der Waals surface area contributed by atoms with Crippen molar-refractivity contribution in [2.75, 3.05) is 4.90 Å². The van der Waals surface area contributed by atoms with Crippen LogP contribution in [0.15, 0.2) is 35.4 Å². The molecule has 1 aliphatic heterocycles. The highest BCUT2D eigenvalue weighted by Gasteiger charge is 2.38.